The number of anilines is 3. The number of hydrogen-bond acceptors (Lipinski definition) is 3. The maximum atomic E-state index is 5.17. The van der Waals surface area contributed by atoms with E-state index in [0.29, 0.717) is 0 Å². The standard InChI is InChI=1S/C61H39N3SSi/c1-3-16-45(17-4-1)66(46-18-5-2-6-19-46)58-26-14-12-24-54(58)64(61-47-20-8-7-15-40(47)35-36-62-61)55-33-29-43(38-59(55)66)42-28-32-53-51(37-42)48-21-9-11-23-52(48)63(53)44-31-27-41-30-34-57-60(50(41)39-44)49-22-10-13-25-56(49)65-57/h1-39H. The highest BCUT2D eigenvalue weighted by Crippen LogP contribution is 2.43. The summed E-state index contributed by atoms with van der Waals surface area (Å²) in [7, 11) is -2.95. The number of aromatic nitrogens is 2. The lowest BCUT2D eigenvalue weighted by Gasteiger charge is -2.45. The Kier molecular flexibility index (Phi) is 8.17. The largest absolute Gasteiger partial charge is 0.309 e. The molecule has 308 valence electrons. The fraction of sp³-hybridized carbons (Fsp3) is 0. The van der Waals surface area contributed by atoms with Crippen molar-refractivity contribution in [1.29, 1.82) is 0 Å². The lowest BCUT2D eigenvalue weighted by molar-refractivity contribution is 1.19. The van der Waals surface area contributed by atoms with Crippen molar-refractivity contribution < 1.29 is 0 Å². The summed E-state index contributed by atoms with van der Waals surface area (Å²) in [5.41, 5.74) is 8.29. The van der Waals surface area contributed by atoms with Crippen LogP contribution in [0.5, 0.6) is 0 Å². The second-order valence-corrected chi connectivity index (χ2v) is 22.3. The molecule has 0 aliphatic carbocycles. The summed E-state index contributed by atoms with van der Waals surface area (Å²) >= 11 is 1.88. The zero-order valence-corrected chi connectivity index (χ0v) is 37.6. The Morgan fingerprint density at radius 3 is 1.88 bits per heavy atom. The minimum atomic E-state index is -2.95. The van der Waals surface area contributed by atoms with Gasteiger partial charge in [-0.2, -0.15) is 0 Å². The normalized spacial score (nSPS) is 13.2. The highest BCUT2D eigenvalue weighted by molar-refractivity contribution is 7.26. The Hall–Kier alpha value is -8.09. The van der Waals surface area contributed by atoms with Gasteiger partial charge in [0.1, 0.15) is 5.82 Å². The van der Waals surface area contributed by atoms with E-state index in [0.717, 1.165) is 11.2 Å². The molecular weight excluding hydrogens is 835 g/mol. The van der Waals surface area contributed by atoms with Gasteiger partial charge in [0.2, 0.25) is 0 Å². The highest BCUT2D eigenvalue weighted by Gasteiger charge is 2.49. The summed E-state index contributed by atoms with van der Waals surface area (Å²) in [6, 6.07) is 86.0. The van der Waals surface area contributed by atoms with Gasteiger partial charge in [0, 0.05) is 59.6 Å². The first-order valence-corrected chi connectivity index (χ1v) is 25.4. The third-order valence-electron chi connectivity index (χ3n) is 14.1. The zero-order chi connectivity index (χ0) is 43.3. The van der Waals surface area contributed by atoms with Crippen LogP contribution >= 0.6 is 11.3 Å². The van der Waals surface area contributed by atoms with Crippen molar-refractivity contribution >= 4 is 121 Å². The van der Waals surface area contributed by atoms with Gasteiger partial charge in [0.25, 0.3) is 0 Å². The predicted octanol–water partition coefficient (Wildman–Crippen LogP) is 13.7. The predicted molar refractivity (Wildman–Crippen MR) is 284 cm³/mol. The molecule has 1 aliphatic heterocycles. The molecule has 0 spiro atoms. The van der Waals surface area contributed by atoms with Gasteiger partial charge in [0.15, 0.2) is 8.07 Å². The van der Waals surface area contributed by atoms with Crippen LogP contribution in [0.4, 0.5) is 17.2 Å². The molecule has 66 heavy (non-hydrogen) atoms. The quantitative estimate of drug-likeness (QED) is 0.161. The van der Waals surface area contributed by atoms with Crippen LogP contribution in [0.3, 0.4) is 0 Å². The van der Waals surface area contributed by atoms with Gasteiger partial charge in [-0.1, -0.05) is 170 Å². The molecule has 0 bridgehead atoms. The number of thiophene rings is 1. The third kappa shape index (κ3) is 5.33. The summed E-state index contributed by atoms with van der Waals surface area (Å²) in [4.78, 5) is 7.61. The lowest BCUT2D eigenvalue weighted by atomic mass is 10.0. The molecule has 14 rings (SSSR count). The maximum Gasteiger partial charge on any atom is 0.184 e. The lowest BCUT2D eigenvalue weighted by Crippen LogP contribution is -2.77. The van der Waals surface area contributed by atoms with Gasteiger partial charge in [-0.15, -0.1) is 11.3 Å². The smallest absolute Gasteiger partial charge is 0.184 e. The topological polar surface area (TPSA) is 21.1 Å². The van der Waals surface area contributed by atoms with Gasteiger partial charge in [-0.3, -0.25) is 4.90 Å². The van der Waals surface area contributed by atoms with Crippen LogP contribution in [0.15, 0.2) is 237 Å². The van der Waals surface area contributed by atoms with Crippen LogP contribution in [0.2, 0.25) is 0 Å². The van der Waals surface area contributed by atoms with Crippen LogP contribution in [0.1, 0.15) is 0 Å². The van der Waals surface area contributed by atoms with Crippen molar-refractivity contribution in [1.82, 2.24) is 9.55 Å². The fourth-order valence-corrected chi connectivity index (χ4v) is 17.5. The van der Waals surface area contributed by atoms with E-state index >= 15 is 0 Å². The second kappa shape index (κ2) is 14.5. The maximum absolute atomic E-state index is 5.17. The molecule has 1 aliphatic rings. The molecule has 0 saturated heterocycles. The summed E-state index contributed by atoms with van der Waals surface area (Å²) < 4.78 is 5.11. The minimum Gasteiger partial charge on any atom is -0.309 e. The Labute approximate surface area is 386 Å². The first-order valence-electron chi connectivity index (χ1n) is 22.6. The van der Waals surface area contributed by atoms with Crippen molar-refractivity contribution in [2.45, 2.75) is 0 Å². The van der Waals surface area contributed by atoms with E-state index in [1.165, 1.54) is 107 Å². The average Bonchev–Trinajstić information content (AvgIpc) is 3.94. The van der Waals surface area contributed by atoms with Crippen LogP contribution in [-0.2, 0) is 0 Å². The molecule has 13 aromatic rings. The van der Waals surface area contributed by atoms with Gasteiger partial charge >= 0.3 is 0 Å². The number of nitrogens with zero attached hydrogens (tertiary/aromatic N) is 3. The van der Waals surface area contributed by atoms with Crippen molar-refractivity contribution in [3.8, 4) is 16.8 Å². The molecule has 0 fully saturated rings. The number of pyridine rings is 1. The Bertz CT molecular complexity index is 4030. The average molecular weight is 874 g/mol. The number of benzene rings is 10. The van der Waals surface area contributed by atoms with Gasteiger partial charge < -0.3 is 4.57 Å². The van der Waals surface area contributed by atoms with E-state index in [1.54, 1.807) is 0 Å². The monoisotopic (exact) mass is 873 g/mol. The summed E-state index contributed by atoms with van der Waals surface area (Å²) in [5.74, 6) is 0.939. The van der Waals surface area contributed by atoms with Crippen LogP contribution in [0, 0.1) is 0 Å². The second-order valence-electron chi connectivity index (χ2n) is 17.4. The molecule has 3 aromatic heterocycles. The van der Waals surface area contributed by atoms with Crippen LogP contribution in [0.25, 0.3) is 80.3 Å². The van der Waals surface area contributed by atoms with E-state index in [2.05, 4.69) is 240 Å². The number of rotatable bonds is 5. The molecule has 10 aromatic carbocycles. The van der Waals surface area contributed by atoms with Crippen molar-refractivity contribution in [3.05, 3.63) is 237 Å². The molecule has 0 radical (unpaired) electrons. The van der Waals surface area contributed by atoms with Crippen LogP contribution in [-0.4, -0.2) is 17.6 Å². The molecule has 0 unspecified atom stereocenters. The summed E-state index contributed by atoms with van der Waals surface area (Å²) in [6.07, 6.45) is 1.95. The highest BCUT2D eigenvalue weighted by atomic mass is 32.1. The van der Waals surface area contributed by atoms with E-state index in [-0.39, 0.29) is 0 Å². The summed E-state index contributed by atoms with van der Waals surface area (Å²) in [5, 5.41) is 15.4. The summed E-state index contributed by atoms with van der Waals surface area (Å²) in [6.45, 7) is 0. The van der Waals surface area contributed by atoms with E-state index < -0.39 is 8.07 Å². The number of para-hydroxylation sites is 2. The SMILES string of the molecule is c1ccc([Si]2(c3ccccc3)c3ccccc3N(c3nccc4ccccc34)c3ccc(-c4ccc5c(c4)c4ccccc4n5-c4ccc5ccc6sc7ccccc7c6c5c4)cc32)cc1. The van der Waals surface area contributed by atoms with Crippen LogP contribution < -0.4 is 25.6 Å². The Morgan fingerprint density at radius 1 is 0.394 bits per heavy atom. The van der Waals surface area contributed by atoms with Crippen molar-refractivity contribution in [2.24, 2.45) is 0 Å². The molecule has 0 amide bonds. The number of fused-ring (bicyclic) bond motifs is 11. The minimum absolute atomic E-state index is 0.939. The molecular formula is C61H39N3SSi. The molecule has 0 atom stereocenters. The van der Waals surface area contributed by atoms with E-state index in [1.807, 2.05) is 17.5 Å². The van der Waals surface area contributed by atoms with Gasteiger partial charge in [-0.25, -0.2) is 4.98 Å². The van der Waals surface area contributed by atoms with E-state index in [9.17, 15) is 0 Å². The van der Waals surface area contributed by atoms with Crippen molar-refractivity contribution in [3.63, 3.8) is 0 Å². The molecule has 5 heteroatoms. The molecule has 0 N–H and O–H groups in total. The molecule has 3 nitrogen and oxygen atoms in total. The van der Waals surface area contributed by atoms with Crippen molar-refractivity contribution in [2.75, 3.05) is 4.90 Å². The zero-order valence-electron chi connectivity index (χ0n) is 35.8. The molecule has 4 heterocycles. The third-order valence-corrected chi connectivity index (χ3v) is 20.0. The van der Waals surface area contributed by atoms with Gasteiger partial charge in [0.05, 0.1) is 11.0 Å². The first kappa shape index (κ1) is 37.3. The number of hydrogen-bond donors (Lipinski definition) is 0. The Morgan fingerprint density at radius 2 is 1.03 bits per heavy atom. The van der Waals surface area contributed by atoms with Gasteiger partial charge in [-0.05, 0) is 109 Å². The molecule has 0 saturated carbocycles. The Balaban J connectivity index is 1.01. The van der Waals surface area contributed by atoms with E-state index in [4.69, 9.17) is 4.98 Å². The fourth-order valence-electron chi connectivity index (χ4n) is 11.2. The first-order chi connectivity index (χ1) is 32.7.